The Balaban J connectivity index is 1.59. The first kappa shape index (κ1) is 14.6. The number of nitrogens with zero attached hydrogens (tertiary/aromatic N) is 1. The zero-order valence-corrected chi connectivity index (χ0v) is 13.5. The van der Waals surface area contributed by atoms with E-state index in [9.17, 15) is 5.11 Å². The van der Waals surface area contributed by atoms with E-state index in [0.717, 1.165) is 36.0 Å². The molecular formula is C18H22N2O3. The first-order valence-corrected chi connectivity index (χ1v) is 8.15. The number of nitrogens with one attached hydrogen (secondary N) is 1. The number of benzene rings is 1. The average molecular weight is 314 g/mol. The maximum Gasteiger partial charge on any atom is 0.162 e. The minimum absolute atomic E-state index is 0.0978. The lowest BCUT2D eigenvalue weighted by Crippen LogP contribution is -2.31. The summed E-state index contributed by atoms with van der Waals surface area (Å²) in [7, 11) is 3.27. The molecule has 4 atom stereocenters. The van der Waals surface area contributed by atoms with Crippen LogP contribution < -0.4 is 14.8 Å². The van der Waals surface area contributed by atoms with Crippen molar-refractivity contribution in [3.8, 4) is 11.5 Å². The van der Waals surface area contributed by atoms with Crippen LogP contribution in [0.4, 0.5) is 5.82 Å². The molecule has 0 saturated heterocycles. The summed E-state index contributed by atoms with van der Waals surface area (Å²) >= 11 is 0. The molecule has 0 radical (unpaired) electrons. The third kappa shape index (κ3) is 2.49. The fourth-order valence-electron chi connectivity index (χ4n) is 4.14. The van der Waals surface area contributed by atoms with E-state index >= 15 is 0 Å². The summed E-state index contributed by atoms with van der Waals surface area (Å²) in [4.78, 5) is 4.72. The molecule has 2 aromatic rings. The summed E-state index contributed by atoms with van der Waals surface area (Å²) in [5.74, 6) is 3.31. The van der Waals surface area contributed by atoms with Crippen molar-refractivity contribution in [2.45, 2.75) is 31.4 Å². The van der Waals surface area contributed by atoms with E-state index in [1.54, 1.807) is 14.2 Å². The number of hydrogen-bond acceptors (Lipinski definition) is 5. The molecular weight excluding hydrogens is 292 g/mol. The van der Waals surface area contributed by atoms with Crippen LogP contribution in [0.2, 0.25) is 0 Å². The minimum atomic E-state index is -0.0978. The van der Waals surface area contributed by atoms with Crippen molar-refractivity contribution >= 4 is 16.7 Å². The normalized spacial score (nSPS) is 29.0. The maximum atomic E-state index is 9.88. The molecule has 0 aliphatic heterocycles. The summed E-state index contributed by atoms with van der Waals surface area (Å²) < 4.78 is 10.7. The highest BCUT2D eigenvalue weighted by atomic mass is 16.5. The number of hydrogen-bond donors (Lipinski definition) is 2. The van der Waals surface area contributed by atoms with Crippen molar-refractivity contribution in [3.05, 3.63) is 24.3 Å². The van der Waals surface area contributed by atoms with Crippen LogP contribution in [0.1, 0.15) is 19.3 Å². The van der Waals surface area contributed by atoms with Crippen LogP contribution in [0.3, 0.4) is 0 Å². The monoisotopic (exact) mass is 314 g/mol. The van der Waals surface area contributed by atoms with Gasteiger partial charge in [-0.2, -0.15) is 0 Å². The van der Waals surface area contributed by atoms with Crippen molar-refractivity contribution in [2.75, 3.05) is 19.5 Å². The number of anilines is 1. The number of aliphatic hydroxyl groups is 1. The molecule has 0 amide bonds. The Morgan fingerprint density at radius 2 is 1.83 bits per heavy atom. The standard InChI is InChI=1S/C18H22N2O3/c1-22-16-8-10-3-4-18(20-14(10)9-17(16)23-2)19-13-6-12-5-11(13)7-15(12)21/h3-4,8-9,11-13,15,21H,5-7H2,1-2H3,(H,19,20)/t11?,12?,13?,15-/m0/s1. The van der Waals surface area contributed by atoms with Gasteiger partial charge in [-0.3, -0.25) is 0 Å². The van der Waals surface area contributed by atoms with Gasteiger partial charge in [0.1, 0.15) is 5.82 Å². The van der Waals surface area contributed by atoms with E-state index < -0.39 is 0 Å². The van der Waals surface area contributed by atoms with Crippen LogP contribution >= 0.6 is 0 Å². The van der Waals surface area contributed by atoms with Crippen molar-refractivity contribution in [1.29, 1.82) is 0 Å². The summed E-state index contributed by atoms with van der Waals surface area (Å²) in [6.45, 7) is 0. The zero-order valence-electron chi connectivity index (χ0n) is 13.5. The number of ether oxygens (including phenoxy) is 2. The van der Waals surface area contributed by atoms with Gasteiger partial charge in [0.05, 0.1) is 25.8 Å². The molecule has 122 valence electrons. The third-order valence-corrected chi connectivity index (χ3v) is 5.35. The molecule has 1 aromatic carbocycles. The van der Waals surface area contributed by atoms with Gasteiger partial charge in [0.25, 0.3) is 0 Å². The minimum Gasteiger partial charge on any atom is -0.493 e. The van der Waals surface area contributed by atoms with Crippen LogP contribution in [0.25, 0.3) is 10.9 Å². The van der Waals surface area contributed by atoms with Crippen molar-refractivity contribution in [1.82, 2.24) is 4.98 Å². The second-order valence-corrected chi connectivity index (χ2v) is 6.64. The molecule has 5 nitrogen and oxygen atoms in total. The van der Waals surface area contributed by atoms with Gasteiger partial charge in [-0.25, -0.2) is 4.98 Å². The van der Waals surface area contributed by atoms with Gasteiger partial charge in [0.2, 0.25) is 0 Å². The molecule has 3 unspecified atom stereocenters. The topological polar surface area (TPSA) is 63.6 Å². The van der Waals surface area contributed by atoms with Crippen LogP contribution in [0.15, 0.2) is 24.3 Å². The van der Waals surface area contributed by atoms with Crippen molar-refractivity contribution < 1.29 is 14.6 Å². The Labute approximate surface area is 135 Å². The quantitative estimate of drug-likeness (QED) is 0.908. The molecule has 2 bridgehead atoms. The summed E-state index contributed by atoms with van der Waals surface area (Å²) in [6, 6.07) is 8.34. The Kier molecular flexibility index (Phi) is 3.53. The second-order valence-electron chi connectivity index (χ2n) is 6.64. The van der Waals surface area contributed by atoms with Crippen LogP contribution in [0.5, 0.6) is 11.5 Å². The molecule has 1 aromatic heterocycles. The summed E-state index contributed by atoms with van der Waals surface area (Å²) in [5, 5.41) is 14.5. The van der Waals surface area contributed by atoms with Gasteiger partial charge >= 0.3 is 0 Å². The molecule has 23 heavy (non-hydrogen) atoms. The fraction of sp³-hybridized carbons (Fsp3) is 0.500. The summed E-state index contributed by atoms with van der Waals surface area (Å²) in [6.07, 6.45) is 3.00. The Morgan fingerprint density at radius 3 is 2.48 bits per heavy atom. The number of methoxy groups -OCH3 is 2. The molecule has 2 fully saturated rings. The van der Waals surface area contributed by atoms with Crippen molar-refractivity contribution in [2.24, 2.45) is 11.8 Å². The highest BCUT2D eigenvalue weighted by Crippen LogP contribution is 2.45. The third-order valence-electron chi connectivity index (χ3n) is 5.35. The lowest BCUT2D eigenvalue weighted by atomic mass is 9.93. The predicted molar refractivity (Wildman–Crippen MR) is 89.1 cm³/mol. The molecule has 2 aliphatic rings. The first-order valence-electron chi connectivity index (χ1n) is 8.15. The van der Waals surface area contributed by atoms with E-state index in [4.69, 9.17) is 14.5 Å². The van der Waals surface area contributed by atoms with Crippen LogP contribution in [-0.2, 0) is 0 Å². The molecule has 5 heteroatoms. The van der Waals surface area contributed by atoms with Gasteiger partial charge in [-0.15, -0.1) is 0 Å². The van der Waals surface area contributed by atoms with Gasteiger partial charge in [0.15, 0.2) is 11.5 Å². The maximum absolute atomic E-state index is 9.88. The number of rotatable bonds is 4. The van der Waals surface area contributed by atoms with E-state index in [1.165, 1.54) is 0 Å². The van der Waals surface area contributed by atoms with Gasteiger partial charge in [-0.1, -0.05) is 0 Å². The summed E-state index contributed by atoms with van der Waals surface area (Å²) in [5.41, 5.74) is 0.885. The molecule has 2 aliphatic carbocycles. The number of pyridine rings is 1. The van der Waals surface area contributed by atoms with Crippen molar-refractivity contribution in [3.63, 3.8) is 0 Å². The number of aromatic nitrogens is 1. The smallest absolute Gasteiger partial charge is 0.162 e. The lowest BCUT2D eigenvalue weighted by Gasteiger charge is -2.26. The fourth-order valence-corrected chi connectivity index (χ4v) is 4.14. The lowest BCUT2D eigenvalue weighted by molar-refractivity contribution is 0.110. The largest absolute Gasteiger partial charge is 0.493 e. The Morgan fingerprint density at radius 1 is 1.04 bits per heavy atom. The first-order chi connectivity index (χ1) is 11.2. The highest BCUT2D eigenvalue weighted by molar-refractivity contribution is 5.84. The van der Waals surface area contributed by atoms with Gasteiger partial charge in [-0.05, 0) is 49.3 Å². The highest BCUT2D eigenvalue weighted by Gasteiger charge is 2.45. The van der Waals surface area contributed by atoms with Gasteiger partial charge < -0.3 is 19.9 Å². The average Bonchev–Trinajstić information content (AvgIpc) is 3.12. The Hall–Kier alpha value is -2.01. The second kappa shape index (κ2) is 5.57. The molecule has 2 N–H and O–H groups in total. The zero-order chi connectivity index (χ0) is 16.0. The molecule has 4 rings (SSSR count). The van der Waals surface area contributed by atoms with Gasteiger partial charge in [0, 0.05) is 17.5 Å². The predicted octanol–water partition coefficient (Wildman–Crippen LogP) is 2.82. The van der Waals surface area contributed by atoms with E-state index in [1.807, 2.05) is 18.2 Å². The van der Waals surface area contributed by atoms with E-state index in [0.29, 0.717) is 29.4 Å². The number of aliphatic hydroxyl groups excluding tert-OH is 1. The van der Waals surface area contributed by atoms with Crippen LogP contribution in [0, 0.1) is 11.8 Å². The van der Waals surface area contributed by atoms with E-state index in [2.05, 4.69) is 11.4 Å². The van der Waals surface area contributed by atoms with E-state index in [-0.39, 0.29) is 6.10 Å². The number of fused-ring (bicyclic) bond motifs is 3. The molecule has 1 heterocycles. The molecule has 0 spiro atoms. The molecule has 2 saturated carbocycles. The van der Waals surface area contributed by atoms with Crippen LogP contribution in [-0.4, -0.2) is 36.5 Å². The SMILES string of the molecule is COc1cc2ccc(NC3CC4CC3C[C@@H]4O)nc2cc1OC. The Bertz CT molecular complexity index is 732.